The highest BCUT2D eigenvalue weighted by atomic mass is 32.2. The number of nitrogens with zero attached hydrogens (tertiary/aromatic N) is 3. The highest BCUT2D eigenvalue weighted by Gasteiger charge is 2.29. The van der Waals surface area contributed by atoms with Crippen LogP contribution in [0.15, 0.2) is 33.7 Å². The zero-order valence-electron chi connectivity index (χ0n) is 16.3. The van der Waals surface area contributed by atoms with Crippen molar-refractivity contribution in [2.24, 2.45) is 5.92 Å². The van der Waals surface area contributed by atoms with Gasteiger partial charge in [0.2, 0.25) is 15.9 Å². The van der Waals surface area contributed by atoms with Crippen molar-refractivity contribution >= 4 is 10.0 Å². The Labute approximate surface area is 170 Å². The van der Waals surface area contributed by atoms with Gasteiger partial charge in [0.25, 0.3) is 0 Å². The molecule has 0 atom stereocenters. The Morgan fingerprint density at radius 3 is 2.45 bits per heavy atom. The summed E-state index contributed by atoms with van der Waals surface area (Å²) in [5.74, 6) is 1.73. The number of aryl methyl sites for hydroxylation is 1. The summed E-state index contributed by atoms with van der Waals surface area (Å²) in [4.78, 5) is 4.69. The minimum atomic E-state index is -3.56. The number of aromatic nitrogens is 2. The molecule has 0 spiro atoms. The van der Waals surface area contributed by atoms with Crippen molar-refractivity contribution in [3.8, 4) is 0 Å². The summed E-state index contributed by atoms with van der Waals surface area (Å²) < 4.78 is 50.8. The standard InChI is InChI=1S/C20H26FN3O4S/c21-17-2-4-18(5-3-17)29(25,26)24-11-7-15(8-12-24)1-6-19-22-20(28-23-19)16-9-13-27-14-10-16/h2-5,15-16H,1,6-14H2. The molecule has 1 aromatic heterocycles. The van der Waals surface area contributed by atoms with Crippen LogP contribution < -0.4 is 0 Å². The molecule has 158 valence electrons. The fourth-order valence-corrected chi connectivity index (χ4v) is 5.48. The van der Waals surface area contributed by atoms with Crippen molar-refractivity contribution < 1.29 is 22.1 Å². The van der Waals surface area contributed by atoms with Crippen LogP contribution in [0.25, 0.3) is 0 Å². The molecule has 29 heavy (non-hydrogen) atoms. The number of halogens is 1. The number of rotatable bonds is 6. The number of sulfonamides is 1. The van der Waals surface area contributed by atoms with Gasteiger partial charge in [-0.15, -0.1) is 0 Å². The van der Waals surface area contributed by atoms with E-state index in [1.165, 1.54) is 28.6 Å². The van der Waals surface area contributed by atoms with Crippen molar-refractivity contribution in [2.75, 3.05) is 26.3 Å². The molecule has 1 aromatic carbocycles. The van der Waals surface area contributed by atoms with Crippen molar-refractivity contribution in [3.05, 3.63) is 41.8 Å². The number of piperidine rings is 1. The van der Waals surface area contributed by atoms with E-state index in [4.69, 9.17) is 9.26 Å². The molecule has 0 N–H and O–H groups in total. The summed E-state index contributed by atoms with van der Waals surface area (Å²) in [7, 11) is -3.56. The van der Waals surface area contributed by atoms with Gasteiger partial charge >= 0.3 is 0 Å². The van der Waals surface area contributed by atoms with E-state index in [1.807, 2.05) is 0 Å². The second-order valence-electron chi connectivity index (χ2n) is 7.78. The lowest BCUT2D eigenvalue weighted by Crippen LogP contribution is -2.38. The van der Waals surface area contributed by atoms with E-state index in [2.05, 4.69) is 10.1 Å². The number of benzene rings is 1. The lowest BCUT2D eigenvalue weighted by molar-refractivity contribution is 0.0778. The largest absolute Gasteiger partial charge is 0.381 e. The van der Waals surface area contributed by atoms with Crippen LogP contribution in [0.1, 0.15) is 49.7 Å². The van der Waals surface area contributed by atoms with E-state index in [0.29, 0.717) is 30.8 Å². The third-order valence-electron chi connectivity index (χ3n) is 5.86. The molecule has 0 unspecified atom stereocenters. The van der Waals surface area contributed by atoms with Gasteiger partial charge in [0.05, 0.1) is 4.90 Å². The van der Waals surface area contributed by atoms with Crippen LogP contribution in [0.4, 0.5) is 4.39 Å². The molecule has 2 aliphatic rings. The van der Waals surface area contributed by atoms with E-state index < -0.39 is 15.8 Å². The van der Waals surface area contributed by atoms with Crippen molar-refractivity contribution in [1.82, 2.24) is 14.4 Å². The van der Waals surface area contributed by atoms with E-state index in [-0.39, 0.29) is 4.90 Å². The van der Waals surface area contributed by atoms with Crippen LogP contribution in [0.3, 0.4) is 0 Å². The second kappa shape index (κ2) is 8.89. The number of hydrogen-bond acceptors (Lipinski definition) is 6. The smallest absolute Gasteiger partial charge is 0.243 e. The van der Waals surface area contributed by atoms with Gasteiger partial charge in [-0.2, -0.15) is 9.29 Å². The first kappa shape index (κ1) is 20.4. The van der Waals surface area contributed by atoms with Gasteiger partial charge in [-0.05, 0) is 62.3 Å². The summed E-state index contributed by atoms with van der Waals surface area (Å²) in [5.41, 5.74) is 0. The molecule has 3 heterocycles. The van der Waals surface area contributed by atoms with Gasteiger partial charge < -0.3 is 9.26 Å². The molecule has 0 aliphatic carbocycles. The van der Waals surface area contributed by atoms with Gasteiger partial charge in [-0.3, -0.25) is 0 Å². The lowest BCUT2D eigenvalue weighted by Gasteiger charge is -2.31. The zero-order chi connectivity index (χ0) is 20.3. The van der Waals surface area contributed by atoms with E-state index in [9.17, 15) is 12.8 Å². The van der Waals surface area contributed by atoms with E-state index >= 15 is 0 Å². The molecule has 9 heteroatoms. The summed E-state index contributed by atoms with van der Waals surface area (Å²) in [6.45, 7) is 2.43. The third kappa shape index (κ3) is 4.84. The highest BCUT2D eigenvalue weighted by molar-refractivity contribution is 7.89. The van der Waals surface area contributed by atoms with Gasteiger partial charge in [0.1, 0.15) is 5.82 Å². The normalized spacial score (nSPS) is 20.2. The molecule has 2 aliphatic heterocycles. The van der Waals surface area contributed by atoms with Gasteiger partial charge in [0, 0.05) is 38.6 Å². The Morgan fingerprint density at radius 2 is 1.76 bits per heavy atom. The molecule has 7 nitrogen and oxygen atoms in total. The Balaban J connectivity index is 1.27. The molecule has 0 radical (unpaired) electrons. The Kier molecular flexibility index (Phi) is 6.26. The first-order valence-corrected chi connectivity index (χ1v) is 11.6. The van der Waals surface area contributed by atoms with Crippen LogP contribution in [-0.2, 0) is 21.2 Å². The molecule has 2 fully saturated rings. The monoisotopic (exact) mass is 423 g/mol. The average Bonchev–Trinajstić information content (AvgIpc) is 3.23. The third-order valence-corrected chi connectivity index (χ3v) is 7.77. The molecule has 4 rings (SSSR count). The molecule has 0 saturated carbocycles. The van der Waals surface area contributed by atoms with Gasteiger partial charge in [0.15, 0.2) is 5.82 Å². The Hall–Kier alpha value is -1.84. The van der Waals surface area contributed by atoms with Gasteiger partial charge in [-0.25, -0.2) is 12.8 Å². The molecule has 2 saturated heterocycles. The summed E-state index contributed by atoms with van der Waals surface area (Å²) in [6.07, 6.45) is 5.08. The molecule has 0 bridgehead atoms. The minimum Gasteiger partial charge on any atom is -0.381 e. The maximum atomic E-state index is 13.1. The number of hydrogen-bond donors (Lipinski definition) is 0. The quantitative estimate of drug-likeness (QED) is 0.710. The van der Waals surface area contributed by atoms with E-state index in [1.54, 1.807) is 0 Å². The van der Waals surface area contributed by atoms with Crippen LogP contribution in [0.5, 0.6) is 0 Å². The van der Waals surface area contributed by atoms with Crippen LogP contribution in [0.2, 0.25) is 0 Å². The minimum absolute atomic E-state index is 0.143. The molecule has 0 amide bonds. The maximum absolute atomic E-state index is 13.1. The first-order chi connectivity index (χ1) is 14.0. The summed E-state index contributed by atoms with van der Waals surface area (Å²) >= 11 is 0. The van der Waals surface area contributed by atoms with Crippen molar-refractivity contribution in [3.63, 3.8) is 0 Å². The molecular formula is C20H26FN3O4S. The first-order valence-electron chi connectivity index (χ1n) is 10.2. The molecule has 2 aromatic rings. The predicted molar refractivity (Wildman–Crippen MR) is 103 cm³/mol. The van der Waals surface area contributed by atoms with Crippen molar-refractivity contribution in [1.29, 1.82) is 0 Å². The van der Waals surface area contributed by atoms with Crippen LogP contribution >= 0.6 is 0 Å². The lowest BCUT2D eigenvalue weighted by atomic mass is 9.93. The fourth-order valence-electron chi connectivity index (χ4n) is 4.01. The summed E-state index contributed by atoms with van der Waals surface area (Å²) in [6, 6.07) is 5.00. The zero-order valence-corrected chi connectivity index (χ0v) is 17.1. The van der Waals surface area contributed by atoms with Crippen LogP contribution in [0, 0.1) is 11.7 Å². The van der Waals surface area contributed by atoms with E-state index in [0.717, 1.165) is 57.6 Å². The van der Waals surface area contributed by atoms with Gasteiger partial charge in [-0.1, -0.05) is 5.16 Å². The van der Waals surface area contributed by atoms with Crippen LogP contribution in [-0.4, -0.2) is 49.2 Å². The van der Waals surface area contributed by atoms with Crippen molar-refractivity contribution in [2.45, 2.75) is 49.3 Å². The second-order valence-corrected chi connectivity index (χ2v) is 9.71. The summed E-state index contributed by atoms with van der Waals surface area (Å²) in [5, 5.41) is 4.11. The average molecular weight is 424 g/mol. The molecular weight excluding hydrogens is 397 g/mol. The SMILES string of the molecule is O=S(=O)(c1ccc(F)cc1)N1CCC(CCc2noc(C3CCOCC3)n2)CC1. The Morgan fingerprint density at radius 1 is 1.07 bits per heavy atom. The number of ether oxygens (including phenoxy) is 1. The predicted octanol–water partition coefficient (Wildman–Crippen LogP) is 3.14. The maximum Gasteiger partial charge on any atom is 0.243 e. The Bertz CT molecular complexity index is 902. The topological polar surface area (TPSA) is 85.5 Å². The highest BCUT2D eigenvalue weighted by Crippen LogP contribution is 2.28. The fraction of sp³-hybridized carbons (Fsp3) is 0.600.